The van der Waals surface area contributed by atoms with Crippen LogP contribution in [0.2, 0.25) is 0 Å². The van der Waals surface area contributed by atoms with E-state index in [4.69, 9.17) is 9.90 Å². The lowest BCUT2D eigenvalue weighted by Crippen LogP contribution is -2.60. The summed E-state index contributed by atoms with van der Waals surface area (Å²) in [7, 11) is 1.75. The number of allylic oxidation sites excluding steroid dienone is 1. The first-order chi connectivity index (χ1) is 5.76. The maximum Gasteiger partial charge on any atom is 0.263 e. The van der Waals surface area contributed by atoms with E-state index in [2.05, 4.69) is 0 Å². The van der Waals surface area contributed by atoms with Crippen molar-refractivity contribution in [1.82, 2.24) is 4.67 Å². The van der Waals surface area contributed by atoms with Crippen LogP contribution in [0.3, 0.4) is 0 Å². The van der Waals surface area contributed by atoms with Crippen molar-refractivity contribution >= 4 is 14.4 Å². The molecule has 0 aromatic rings. The molecule has 1 saturated heterocycles. The molecule has 0 bridgehead atoms. The summed E-state index contributed by atoms with van der Waals surface area (Å²) in [4.78, 5) is 11.1. The van der Waals surface area contributed by atoms with Gasteiger partial charge in [0.25, 0.3) is 5.91 Å². The van der Waals surface area contributed by atoms with E-state index in [-0.39, 0.29) is 26.6 Å². The molecular formula is C7H11N2O2P. The molecule has 1 heterocycles. The molecule has 66 valence electrons. The van der Waals surface area contributed by atoms with E-state index in [1.807, 2.05) is 19.1 Å². The van der Waals surface area contributed by atoms with Crippen LogP contribution in [0, 0.1) is 5.16 Å². The van der Waals surface area contributed by atoms with Gasteiger partial charge in [0.05, 0.1) is 6.04 Å². The van der Waals surface area contributed by atoms with Gasteiger partial charge in [-0.2, -0.15) is 0 Å². The molecule has 2 atom stereocenters. The fourth-order valence-corrected chi connectivity index (χ4v) is 1.75. The molecule has 4 nitrogen and oxygen atoms in total. The predicted molar refractivity (Wildman–Crippen MR) is 45.9 cm³/mol. The Bertz CT molecular complexity index is 229. The number of β-lactam (4-membered cyclic amide) rings is 1. The molecule has 1 amide bonds. The van der Waals surface area contributed by atoms with Crippen molar-refractivity contribution in [1.29, 1.82) is 5.16 Å². The van der Waals surface area contributed by atoms with Crippen molar-refractivity contribution in [3.63, 3.8) is 0 Å². The number of ether oxygens (including phenoxy) is 1. The number of hydrogen-bond donors (Lipinski definition) is 1. The first-order valence-corrected chi connectivity index (χ1v) is 4.47. The van der Waals surface area contributed by atoms with Gasteiger partial charge in [0.2, 0.25) is 0 Å². The number of nitrogens with zero attached hydrogens (tertiary/aromatic N) is 1. The molecule has 0 aliphatic carbocycles. The van der Waals surface area contributed by atoms with Crippen molar-refractivity contribution in [2.45, 2.75) is 19.1 Å². The number of methoxy groups -OCH3 is 1. The minimum atomic E-state index is -0.376. The minimum absolute atomic E-state index is 0.0494. The Morgan fingerprint density at radius 3 is 2.83 bits per heavy atom. The number of amides is 1. The predicted octanol–water partition coefficient (Wildman–Crippen LogP) is 1.41. The van der Waals surface area contributed by atoms with E-state index in [9.17, 15) is 4.79 Å². The number of carbonyl (C=O) groups excluding carboxylic acids is 1. The Hall–Kier alpha value is -0.730. The Morgan fingerprint density at radius 1 is 1.75 bits per heavy atom. The van der Waals surface area contributed by atoms with E-state index in [0.29, 0.717) is 0 Å². The summed E-state index contributed by atoms with van der Waals surface area (Å²) in [6, 6.07) is -0.0494. The van der Waals surface area contributed by atoms with E-state index < -0.39 is 0 Å². The average Bonchev–Trinajstić information content (AvgIpc) is 2.06. The highest BCUT2D eigenvalue weighted by Gasteiger charge is 2.45. The van der Waals surface area contributed by atoms with Crippen LogP contribution in [0.25, 0.3) is 0 Å². The monoisotopic (exact) mass is 186 g/mol. The van der Waals surface area contributed by atoms with Crippen molar-refractivity contribution < 1.29 is 9.53 Å². The summed E-state index contributed by atoms with van der Waals surface area (Å²) >= 11 is 0. The van der Waals surface area contributed by atoms with Crippen LogP contribution in [0.1, 0.15) is 6.92 Å². The van der Waals surface area contributed by atoms with Crippen LogP contribution in [0.5, 0.6) is 0 Å². The lowest BCUT2D eigenvalue weighted by atomic mass is 10.0. The van der Waals surface area contributed by atoms with Crippen LogP contribution in [-0.4, -0.2) is 29.8 Å². The molecule has 1 N–H and O–H groups in total. The van der Waals surface area contributed by atoms with E-state index in [0.717, 1.165) is 0 Å². The molecule has 12 heavy (non-hydrogen) atoms. The smallest absolute Gasteiger partial charge is 0.263 e. The maximum atomic E-state index is 11.1. The quantitative estimate of drug-likeness (QED) is 0.411. The van der Waals surface area contributed by atoms with Crippen molar-refractivity contribution in [2.75, 3.05) is 7.11 Å². The summed E-state index contributed by atoms with van der Waals surface area (Å²) in [5, 5.41) is 7.05. The summed E-state index contributed by atoms with van der Waals surface area (Å²) < 4.78 is 6.40. The molecule has 1 unspecified atom stereocenters. The van der Waals surface area contributed by atoms with Crippen molar-refractivity contribution in [2.24, 2.45) is 0 Å². The summed E-state index contributed by atoms with van der Waals surface area (Å²) in [6.45, 7) is 1.88. The molecule has 0 saturated carbocycles. The fourth-order valence-electron chi connectivity index (χ4n) is 1.21. The second kappa shape index (κ2) is 3.78. The largest absolute Gasteiger partial charge is 0.369 e. The third kappa shape index (κ3) is 1.28. The zero-order valence-corrected chi connectivity index (χ0v) is 7.91. The molecule has 1 aliphatic rings. The van der Waals surface area contributed by atoms with Gasteiger partial charge in [-0.15, -0.1) is 0 Å². The van der Waals surface area contributed by atoms with Crippen molar-refractivity contribution in [3.05, 3.63) is 12.2 Å². The molecule has 0 aromatic carbocycles. The Labute approximate surface area is 72.9 Å². The number of carbonyl (C=O) groups is 1. The molecule has 1 aliphatic heterocycles. The zero-order chi connectivity index (χ0) is 9.14. The second-order valence-electron chi connectivity index (χ2n) is 2.46. The van der Waals surface area contributed by atoms with E-state index in [1.54, 1.807) is 0 Å². The Morgan fingerprint density at radius 2 is 2.42 bits per heavy atom. The van der Waals surface area contributed by atoms with Gasteiger partial charge in [-0.1, -0.05) is 12.2 Å². The van der Waals surface area contributed by atoms with Gasteiger partial charge in [0.15, 0.2) is 6.10 Å². The number of nitrogens with one attached hydrogen (secondary N) is 1. The van der Waals surface area contributed by atoms with Crippen LogP contribution in [0.15, 0.2) is 12.2 Å². The van der Waals surface area contributed by atoms with Crippen LogP contribution < -0.4 is 0 Å². The topological polar surface area (TPSA) is 53.4 Å². The highest BCUT2D eigenvalue weighted by Crippen LogP contribution is 2.29. The molecule has 0 spiro atoms. The Balaban J connectivity index is 2.69. The van der Waals surface area contributed by atoms with Gasteiger partial charge in [-0.25, -0.2) is 0 Å². The normalized spacial score (nSPS) is 29.8. The minimum Gasteiger partial charge on any atom is -0.369 e. The third-order valence-electron chi connectivity index (χ3n) is 1.81. The molecule has 0 radical (unpaired) electrons. The highest BCUT2D eigenvalue weighted by atomic mass is 31.1. The van der Waals surface area contributed by atoms with E-state index >= 15 is 0 Å². The van der Waals surface area contributed by atoms with Gasteiger partial charge < -0.3 is 4.74 Å². The SMILES string of the molecule is C/C=C/C1[C@@H](OC)C(=O)N1P=N. The highest BCUT2D eigenvalue weighted by molar-refractivity contribution is 7.23. The molecular weight excluding hydrogens is 175 g/mol. The average molecular weight is 186 g/mol. The second-order valence-corrected chi connectivity index (χ2v) is 3.09. The van der Waals surface area contributed by atoms with Crippen LogP contribution in [-0.2, 0) is 9.53 Å². The lowest BCUT2D eigenvalue weighted by molar-refractivity contribution is -0.154. The summed E-state index contributed by atoms with van der Waals surface area (Å²) in [5.74, 6) is -0.0998. The van der Waals surface area contributed by atoms with Gasteiger partial charge in [-0.05, 0) is 6.92 Å². The summed E-state index contributed by atoms with van der Waals surface area (Å²) in [6.07, 6.45) is 3.36. The molecule has 1 rings (SSSR count). The first kappa shape index (κ1) is 9.36. The Kier molecular flexibility index (Phi) is 2.95. The number of rotatable bonds is 3. The van der Waals surface area contributed by atoms with Crippen molar-refractivity contribution in [3.8, 4) is 0 Å². The van der Waals surface area contributed by atoms with Crippen LogP contribution in [0.4, 0.5) is 0 Å². The lowest BCUT2D eigenvalue weighted by Gasteiger charge is -2.40. The van der Waals surface area contributed by atoms with E-state index in [1.165, 1.54) is 11.8 Å². The first-order valence-electron chi connectivity index (χ1n) is 3.62. The zero-order valence-electron chi connectivity index (χ0n) is 7.02. The third-order valence-corrected chi connectivity index (χ3v) is 2.49. The maximum absolute atomic E-state index is 11.1. The van der Waals surface area contributed by atoms with Gasteiger partial charge in [-0.3, -0.25) is 14.6 Å². The van der Waals surface area contributed by atoms with Gasteiger partial charge in [0.1, 0.15) is 8.52 Å². The fraction of sp³-hybridized carbons (Fsp3) is 0.571. The van der Waals surface area contributed by atoms with Gasteiger partial charge >= 0.3 is 0 Å². The molecule has 5 heteroatoms. The van der Waals surface area contributed by atoms with Gasteiger partial charge in [0, 0.05) is 7.11 Å². The number of hydrogen-bond acceptors (Lipinski definition) is 3. The standard InChI is InChI=1S/C7H11N2O2P/c1-3-4-5-6(11-2)7(10)9(5)12-8/h3-6,8H,1-2H3/b4-3+/t5?,6-/m1/s1. The summed E-state index contributed by atoms with van der Waals surface area (Å²) in [5.41, 5.74) is 0. The molecule has 1 fully saturated rings. The van der Waals surface area contributed by atoms with Crippen LogP contribution >= 0.6 is 8.52 Å². The molecule has 0 aromatic heterocycles.